The van der Waals surface area contributed by atoms with E-state index >= 15 is 0 Å². The molecule has 5 nitrogen and oxygen atoms in total. The minimum Gasteiger partial charge on any atom is -0.491 e. The highest BCUT2D eigenvalue weighted by atomic mass is 35.5. The van der Waals surface area contributed by atoms with Crippen molar-refractivity contribution >= 4 is 17.5 Å². The van der Waals surface area contributed by atoms with Crippen molar-refractivity contribution in [3.8, 4) is 5.75 Å². The van der Waals surface area contributed by atoms with Crippen molar-refractivity contribution in [2.45, 2.75) is 31.3 Å². The highest BCUT2D eigenvalue weighted by Gasteiger charge is 2.32. The van der Waals surface area contributed by atoms with Crippen molar-refractivity contribution in [3.05, 3.63) is 59.4 Å². The van der Waals surface area contributed by atoms with Gasteiger partial charge in [0.2, 0.25) is 5.91 Å². The van der Waals surface area contributed by atoms with E-state index in [4.69, 9.17) is 16.3 Å². The molecule has 26 heavy (non-hydrogen) atoms. The van der Waals surface area contributed by atoms with E-state index in [1.54, 1.807) is 24.5 Å². The monoisotopic (exact) mass is 374 g/mol. The summed E-state index contributed by atoms with van der Waals surface area (Å²) in [5.41, 5.74) is -0.0349. The molecule has 1 atom stereocenters. The van der Waals surface area contributed by atoms with Crippen LogP contribution in [0.2, 0.25) is 5.02 Å². The third kappa shape index (κ3) is 5.19. The summed E-state index contributed by atoms with van der Waals surface area (Å²) in [5.74, 6) is 0.706. The summed E-state index contributed by atoms with van der Waals surface area (Å²) < 4.78 is 5.73. The van der Waals surface area contributed by atoms with Crippen molar-refractivity contribution in [3.63, 3.8) is 0 Å². The van der Waals surface area contributed by atoms with Crippen LogP contribution < -0.4 is 4.74 Å². The minimum atomic E-state index is -0.939. The van der Waals surface area contributed by atoms with Gasteiger partial charge in [-0.25, -0.2) is 0 Å². The Hall–Kier alpha value is -2.11. The summed E-state index contributed by atoms with van der Waals surface area (Å²) in [6, 6.07) is 10.9. The summed E-state index contributed by atoms with van der Waals surface area (Å²) in [6.07, 6.45) is 5.58. The van der Waals surface area contributed by atoms with Gasteiger partial charge < -0.3 is 14.7 Å². The average Bonchev–Trinajstić information content (AvgIpc) is 2.83. The zero-order valence-corrected chi connectivity index (χ0v) is 15.4. The molecule has 3 rings (SSSR count). The number of hydrogen-bond acceptors (Lipinski definition) is 4. The third-order valence-electron chi connectivity index (χ3n) is 4.65. The fourth-order valence-electron chi connectivity index (χ4n) is 3.14. The number of amides is 1. The lowest BCUT2D eigenvalue weighted by Crippen LogP contribution is -2.38. The van der Waals surface area contributed by atoms with E-state index in [-0.39, 0.29) is 12.5 Å². The molecule has 1 N–H and O–H groups in total. The molecule has 1 aromatic heterocycles. The van der Waals surface area contributed by atoms with E-state index in [0.717, 1.165) is 12.0 Å². The van der Waals surface area contributed by atoms with Crippen molar-refractivity contribution in [1.29, 1.82) is 0 Å². The summed E-state index contributed by atoms with van der Waals surface area (Å²) in [7, 11) is 0. The summed E-state index contributed by atoms with van der Waals surface area (Å²) >= 11 is 5.96. The minimum absolute atomic E-state index is 0.0676. The van der Waals surface area contributed by atoms with Gasteiger partial charge in [0.25, 0.3) is 0 Å². The second-order valence-corrected chi connectivity index (χ2v) is 7.18. The molecule has 0 radical (unpaired) electrons. The molecule has 1 saturated heterocycles. The quantitative estimate of drug-likeness (QED) is 0.873. The number of halogens is 1. The van der Waals surface area contributed by atoms with Gasteiger partial charge in [-0.05, 0) is 49.1 Å². The maximum atomic E-state index is 12.5. The molecule has 1 aromatic carbocycles. The number of aromatic nitrogens is 1. The second-order valence-electron chi connectivity index (χ2n) is 6.74. The van der Waals surface area contributed by atoms with Crippen molar-refractivity contribution < 1.29 is 14.6 Å². The summed E-state index contributed by atoms with van der Waals surface area (Å²) in [4.78, 5) is 18.4. The molecule has 138 valence electrons. The molecule has 2 heterocycles. The van der Waals surface area contributed by atoms with Crippen LogP contribution in [0, 0.1) is 0 Å². The first-order valence-electron chi connectivity index (χ1n) is 8.82. The van der Waals surface area contributed by atoms with Gasteiger partial charge in [0.15, 0.2) is 0 Å². The van der Waals surface area contributed by atoms with Crippen LogP contribution in [0.5, 0.6) is 5.75 Å². The van der Waals surface area contributed by atoms with Crippen LogP contribution in [0.25, 0.3) is 0 Å². The topological polar surface area (TPSA) is 62.7 Å². The number of aliphatic hydroxyl groups is 1. The van der Waals surface area contributed by atoms with Gasteiger partial charge >= 0.3 is 0 Å². The van der Waals surface area contributed by atoms with E-state index in [1.165, 1.54) is 0 Å². The molecule has 6 heteroatoms. The number of likely N-dealkylation sites (tertiary alicyclic amines) is 1. The Kier molecular flexibility index (Phi) is 6.12. The normalized spacial score (nSPS) is 20.5. The molecule has 0 saturated carbocycles. The second kappa shape index (κ2) is 8.52. The fourth-order valence-corrected chi connectivity index (χ4v) is 3.32. The van der Waals surface area contributed by atoms with Crippen LogP contribution in [0.3, 0.4) is 0 Å². The van der Waals surface area contributed by atoms with Gasteiger partial charge in [-0.2, -0.15) is 0 Å². The van der Waals surface area contributed by atoms with Crippen molar-refractivity contribution in [2.75, 3.05) is 19.7 Å². The lowest BCUT2D eigenvalue weighted by atomic mass is 9.96. The SMILES string of the molecule is O=C(Cc1cccnc1)N1CCCC(O)(COc2cccc(Cl)c2)CC1. The Bertz CT molecular complexity index is 741. The van der Waals surface area contributed by atoms with Crippen LogP contribution in [-0.2, 0) is 11.2 Å². The van der Waals surface area contributed by atoms with Gasteiger partial charge in [-0.1, -0.05) is 23.7 Å². The van der Waals surface area contributed by atoms with Crippen LogP contribution in [0.1, 0.15) is 24.8 Å². The first-order chi connectivity index (χ1) is 12.5. The van der Waals surface area contributed by atoms with Crippen LogP contribution in [0.4, 0.5) is 0 Å². The highest BCUT2D eigenvalue weighted by Crippen LogP contribution is 2.25. The Morgan fingerprint density at radius 3 is 2.92 bits per heavy atom. The molecule has 1 amide bonds. The van der Waals surface area contributed by atoms with Crippen LogP contribution in [-0.4, -0.2) is 46.2 Å². The van der Waals surface area contributed by atoms with Gasteiger partial charge in [-0.3, -0.25) is 9.78 Å². The Morgan fingerprint density at radius 1 is 1.27 bits per heavy atom. The number of hydrogen-bond donors (Lipinski definition) is 1. The number of rotatable bonds is 5. The largest absolute Gasteiger partial charge is 0.491 e. The van der Waals surface area contributed by atoms with Gasteiger partial charge in [0.1, 0.15) is 18.0 Å². The number of carbonyl (C=O) groups is 1. The molecule has 1 fully saturated rings. The Balaban J connectivity index is 1.54. The molecule has 1 aliphatic heterocycles. The molecule has 1 unspecified atom stereocenters. The van der Waals surface area contributed by atoms with E-state index in [1.807, 2.05) is 29.2 Å². The van der Waals surface area contributed by atoms with Crippen molar-refractivity contribution in [1.82, 2.24) is 9.88 Å². The van der Waals surface area contributed by atoms with E-state index in [9.17, 15) is 9.90 Å². The van der Waals surface area contributed by atoms with Crippen molar-refractivity contribution in [2.24, 2.45) is 0 Å². The maximum Gasteiger partial charge on any atom is 0.227 e. The predicted octanol–water partition coefficient (Wildman–Crippen LogP) is 3.10. The smallest absolute Gasteiger partial charge is 0.227 e. The fraction of sp³-hybridized carbons (Fsp3) is 0.400. The van der Waals surface area contributed by atoms with Gasteiger partial charge in [0.05, 0.1) is 6.42 Å². The van der Waals surface area contributed by atoms with E-state index < -0.39 is 5.60 Å². The number of pyridine rings is 1. The van der Waals surface area contributed by atoms with Gasteiger partial charge in [-0.15, -0.1) is 0 Å². The average molecular weight is 375 g/mol. The van der Waals surface area contributed by atoms with E-state index in [0.29, 0.717) is 43.1 Å². The lowest BCUT2D eigenvalue weighted by molar-refractivity contribution is -0.130. The highest BCUT2D eigenvalue weighted by molar-refractivity contribution is 6.30. The predicted molar refractivity (Wildman–Crippen MR) is 100 cm³/mol. The lowest BCUT2D eigenvalue weighted by Gasteiger charge is -2.27. The Labute approximate surface area is 158 Å². The maximum absolute atomic E-state index is 12.5. The summed E-state index contributed by atoms with van der Waals surface area (Å²) in [5, 5.41) is 11.5. The van der Waals surface area contributed by atoms with Crippen LogP contribution in [0.15, 0.2) is 48.8 Å². The zero-order chi connectivity index (χ0) is 18.4. The Morgan fingerprint density at radius 2 is 2.15 bits per heavy atom. The first-order valence-corrected chi connectivity index (χ1v) is 9.19. The number of nitrogens with zero attached hydrogens (tertiary/aromatic N) is 2. The van der Waals surface area contributed by atoms with E-state index in [2.05, 4.69) is 4.98 Å². The molecule has 0 aliphatic carbocycles. The molecule has 0 spiro atoms. The molecule has 2 aromatic rings. The van der Waals surface area contributed by atoms with Crippen LogP contribution >= 0.6 is 11.6 Å². The first kappa shape index (κ1) is 18.7. The third-order valence-corrected chi connectivity index (χ3v) is 4.89. The molecule has 1 aliphatic rings. The standard InChI is InChI=1S/C20H23ClN2O3/c21-17-5-1-6-18(13-17)26-15-20(25)7-3-10-23(11-8-20)19(24)12-16-4-2-9-22-14-16/h1-2,4-6,9,13-14,25H,3,7-8,10-12,15H2. The molecular weight excluding hydrogens is 352 g/mol. The molecular formula is C20H23ClN2O3. The van der Waals surface area contributed by atoms with Gasteiger partial charge in [0, 0.05) is 30.5 Å². The number of ether oxygens (including phenoxy) is 1. The summed E-state index contributed by atoms with van der Waals surface area (Å²) in [6.45, 7) is 1.37. The molecule has 0 bridgehead atoms. The number of benzene rings is 1. The zero-order valence-electron chi connectivity index (χ0n) is 14.6. The number of carbonyl (C=O) groups excluding carboxylic acids is 1.